The number of carbonyl (C=O) groups excluding carboxylic acids is 1. The number of hydrogen-bond donors (Lipinski definition) is 1. The zero-order valence-electron chi connectivity index (χ0n) is 20.2. The molecule has 3 aromatic rings. The number of hydrogen-bond acceptors (Lipinski definition) is 7. The van der Waals surface area contributed by atoms with Crippen molar-refractivity contribution in [3.8, 4) is 16.9 Å². The number of piperazine rings is 1. The maximum Gasteiger partial charge on any atom is 0.341 e. The Labute approximate surface area is 220 Å². The molecule has 8 nitrogen and oxygen atoms in total. The van der Waals surface area contributed by atoms with Crippen LogP contribution >= 0.6 is 23.6 Å². The zero-order chi connectivity index (χ0) is 25.9. The van der Waals surface area contributed by atoms with Gasteiger partial charge in [-0.1, -0.05) is 30.3 Å². The van der Waals surface area contributed by atoms with E-state index < -0.39 is 16.0 Å². The van der Waals surface area contributed by atoms with Crippen LogP contribution in [0.4, 0.5) is 5.00 Å². The maximum atomic E-state index is 13.1. The van der Waals surface area contributed by atoms with Gasteiger partial charge in [0.1, 0.15) is 16.3 Å². The summed E-state index contributed by atoms with van der Waals surface area (Å²) in [4.78, 5) is 15.8. The number of carbonyl (C=O) groups is 1. The number of benzene rings is 2. The Morgan fingerprint density at radius 3 is 2.22 bits per heavy atom. The van der Waals surface area contributed by atoms with Gasteiger partial charge in [-0.3, -0.25) is 0 Å². The number of aryl methyl sites for hydroxylation is 1. The van der Waals surface area contributed by atoms with E-state index in [1.54, 1.807) is 24.3 Å². The van der Waals surface area contributed by atoms with E-state index >= 15 is 0 Å². The van der Waals surface area contributed by atoms with Crippen molar-refractivity contribution in [2.75, 3.05) is 45.7 Å². The summed E-state index contributed by atoms with van der Waals surface area (Å²) >= 11 is 7.08. The number of methoxy groups -OCH3 is 2. The predicted molar refractivity (Wildman–Crippen MR) is 145 cm³/mol. The molecule has 11 heteroatoms. The minimum Gasteiger partial charge on any atom is -0.497 e. The van der Waals surface area contributed by atoms with E-state index in [0.29, 0.717) is 47.6 Å². The molecule has 0 saturated carbocycles. The molecule has 1 aliphatic rings. The lowest BCUT2D eigenvalue weighted by atomic mass is 10.0. The van der Waals surface area contributed by atoms with Crippen molar-refractivity contribution in [3.63, 3.8) is 0 Å². The van der Waals surface area contributed by atoms with Crippen LogP contribution in [0, 0.1) is 6.92 Å². The average molecular weight is 546 g/mol. The Morgan fingerprint density at radius 2 is 1.64 bits per heavy atom. The van der Waals surface area contributed by atoms with Crippen LogP contribution < -0.4 is 10.1 Å². The van der Waals surface area contributed by atoms with Gasteiger partial charge < -0.3 is 19.7 Å². The van der Waals surface area contributed by atoms with Crippen LogP contribution in [-0.2, 0) is 14.8 Å². The second kappa shape index (κ2) is 11.0. The lowest BCUT2D eigenvalue weighted by Crippen LogP contribution is -2.51. The fourth-order valence-electron chi connectivity index (χ4n) is 4.09. The fraction of sp³-hybridized carbons (Fsp3) is 0.280. The summed E-state index contributed by atoms with van der Waals surface area (Å²) in [5.74, 6) is 0.152. The van der Waals surface area contributed by atoms with Crippen LogP contribution in [0.3, 0.4) is 0 Å². The number of nitrogens with one attached hydrogen (secondary N) is 1. The molecule has 1 N–H and O–H groups in total. The number of rotatable bonds is 6. The Kier molecular flexibility index (Phi) is 7.94. The molecular formula is C25H27N3O5S3. The van der Waals surface area contributed by atoms with E-state index in [2.05, 4.69) is 5.32 Å². The second-order valence-electron chi connectivity index (χ2n) is 8.09. The maximum absolute atomic E-state index is 13.1. The molecule has 1 saturated heterocycles. The number of anilines is 1. The minimum absolute atomic E-state index is 0.225. The molecule has 0 aliphatic carbocycles. The van der Waals surface area contributed by atoms with Crippen molar-refractivity contribution in [2.24, 2.45) is 0 Å². The first kappa shape index (κ1) is 26.1. The summed E-state index contributed by atoms with van der Waals surface area (Å²) < 4.78 is 37.7. The van der Waals surface area contributed by atoms with Gasteiger partial charge in [-0.25, -0.2) is 13.2 Å². The van der Waals surface area contributed by atoms with Crippen molar-refractivity contribution in [1.82, 2.24) is 9.21 Å². The molecule has 2 heterocycles. The smallest absolute Gasteiger partial charge is 0.341 e. The second-order valence-corrected chi connectivity index (χ2v) is 11.6. The normalized spacial score (nSPS) is 14.4. The van der Waals surface area contributed by atoms with Crippen molar-refractivity contribution < 1.29 is 22.7 Å². The summed E-state index contributed by atoms with van der Waals surface area (Å²) in [7, 11) is -0.730. The fourth-order valence-corrected chi connectivity index (χ4v) is 6.92. The van der Waals surface area contributed by atoms with E-state index in [1.165, 1.54) is 29.9 Å². The molecular weight excluding hydrogens is 518 g/mol. The lowest BCUT2D eigenvalue weighted by molar-refractivity contribution is 0.0603. The summed E-state index contributed by atoms with van der Waals surface area (Å²) in [6, 6.07) is 16.0. The highest BCUT2D eigenvalue weighted by Crippen LogP contribution is 2.40. The topological polar surface area (TPSA) is 88.2 Å². The number of nitrogens with zero attached hydrogens (tertiary/aromatic N) is 2. The third kappa shape index (κ3) is 5.24. The monoisotopic (exact) mass is 545 g/mol. The van der Waals surface area contributed by atoms with Crippen LogP contribution in [0.2, 0.25) is 0 Å². The average Bonchev–Trinajstić information content (AvgIpc) is 3.23. The highest BCUT2D eigenvalue weighted by Gasteiger charge is 2.30. The first-order valence-electron chi connectivity index (χ1n) is 11.2. The Balaban J connectivity index is 1.48. The van der Waals surface area contributed by atoms with Crippen LogP contribution in [-0.4, -0.2) is 69.1 Å². The first-order valence-corrected chi connectivity index (χ1v) is 13.9. The third-order valence-corrected chi connectivity index (χ3v) is 9.27. The van der Waals surface area contributed by atoms with E-state index in [1.807, 2.05) is 42.2 Å². The highest BCUT2D eigenvalue weighted by atomic mass is 32.2. The third-order valence-electron chi connectivity index (χ3n) is 5.98. The van der Waals surface area contributed by atoms with Gasteiger partial charge >= 0.3 is 5.97 Å². The Hall–Kier alpha value is -2.99. The first-order chi connectivity index (χ1) is 17.3. The molecule has 1 aliphatic heterocycles. The van der Waals surface area contributed by atoms with Gasteiger partial charge in [0.05, 0.1) is 19.1 Å². The molecule has 0 unspecified atom stereocenters. The molecule has 0 bridgehead atoms. The molecule has 0 radical (unpaired) electrons. The van der Waals surface area contributed by atoms with Crippen molar-refractivity contribution in [2.45, 2.75) is 11.8 Å². The molecule has 190 valence electrons. The van der Waals surface area contributed by atoms with Gasteiger partial charge in [-0.2, -0.15) is 4.31 Å². The minimum atomic E-state index is -3.62. The number of ether oxygens (including phenoxy) is 2. The van der Waals surface area contributed by atoms with Crippen LogP contribution in [0.15, 0.2) is 59.5 Å². The summed E-state index contributed by atoms with van der Waals surface area (Å²) in [6.07, 6.45) is 0. The summed E-state index contributed by atoms with van der Waals surface area (Å²) in [5.41, 5.74) is 2.17. The SMILES string of the molecule is COC(=O)c1c(NC(=S)N2CCN(S(=O)(=O)c3ccc(OC)cc3)CC2)sc(C)c1-c1ccccc1. The van der Waals surface area contributed by atoms with E-state index in [4.69, 9.17) is 21.7 Å². The standard InChI is InChI=1S/C25H27N3O5S3/c1-17-21(18-7-5-4-6-8-18)22(24(29)33-3)23(35-17)26-25(34)27-13-15-28(16-14-27)36(30,31)20-11-9-19(32-2)10-12-20/h4-12H,13-16H2,1-3H3,(H,26,34). The van der Waals surface area contributed by atoms with Crippen LogP contribution in [0.5, 0.6) is 5.75 Å². The molecule has 0 amide bonds. The van der Waals surface area contributed by atoms with E-state index in [9.17, 15) is 13.2 Å². The Morgan fingerprint density at radius 1 is 1.00 bits per heavy atom. The van der Waals surface area contributed by atoms with Gasteiger partial charge in [0.15, 0.2) is 5.11 Å². The van der Waals surface area contributed by atoms with Gasteiger partial charge in [-0.05, 0) is 49.0 Å². The largest absolute Gasteiger partial charge is 0.497 e. The molecule has 0 spiro atoms. The molecule has 4 rings (SSSR count). The van der Waals surface area contributed by atoms with Gasteiger partial charge in [0.2, 0.25) is 10.0 Å². The number of sulfonamides is 1. The lowest BCUT2D eigenvalue weighted by Gasteiger charge is -2.35. The van der Waals surface area contributed by atoms with Crippen LogP contribution in [0.1, 0.15) is 15.2 Å². The summed E-state index contributed by atoms with van der Waals surface area (Å²) in [5, 5.41) is 4.26. The van der Waals surface area contributed by atoms with Gasteiger partial charge in [-0.15, -0.1) is 11.3 Å². The number of thiocarbonyl (C=S) groups is 1. The predicted octanol–water partition coefficient (Wildman–Crippen LogP) is 4.22. The molecule has 0 atom stereocenters. The zero-order valence-corrected chi connectivity index (χ0v) is 22.6. The van der Waals surface area contributed by atoms with Crippen molar-refractivity contribution in [1.29, 1.82) is 0 Å². The molecule has 1 aromatic heterocycles. The van der Waals surface area contributed by atoms with Crippen LogP contribution in [0.25, 0.3) is 11.1 Å². The summed E-state index contributed by atoms with van der Waals surface area (Å²) in [6.45, 7) is 3.38. The van der Waals surface area contributed by atoms with Crippen molar-refractivity contribution >= 4 is 49.7 Å². The molecule has 36 heavy (non-hydrogen) atoms. The number of esters is 1. The highest BCUT2D eigenvalue weighted by molar-refractivity contribution is 7.89. The molecule has 2 aromatic carbocycles. The van der Waals surface area contributed by atoms with Gasteiger partial charge in [0.25, 0.3) is 0 Å². The molecule has 1 fully saturated rings. The van der Waals surface area contributed by atoms with E-state index in [0.717, 1.165) is 16.0 Å². The Bertz CT molecular complexity index is 1350. The number of thiophene rings is 1. The quantitative estimate of drug-likeness (QED) is 0.364. The van der Waals surface area contributed by atoms with Crippen molar-refractivity contribution in [3.05, 3.63) is 65.0 Å². The van der Waals surface area contributed by atoms with E-state index in [-0.39, 0.29) is 4.90 Å². The van der Waals surface area contributed by atoms with Gasteiger partial charge in [0, 0.05) is 36.6 Å².